The second-order valence-corrected chi connectivity index (χ2v) is 8.41. The van der Waals surface area contributed by atoms with E-state index in [1.807, 2.05) is 0 Å². The summed E-state index contributed by atoms with van der Waals surface area (Å²) in [5, 5.41) is 0. The molecule has 152 valence electrons. The molecule has 0 amide bonds. The van der Waals surface area contributed by atoms with Crippen LogP contribution >= 0.6 is 0 Å². The number of carbonyl (C=O) groups excluding carboxylic acids is 1. The van der Waals surface area contributed by atoms with E-state index >= 15 is 0 Å². The highest BCUT2D eigenvalue weighted by Gasteiger charge is 2.15. The lowest BCUT2D eigenvalue weighted by Gasteiger charge is -2.06. The number of esters is 1. The normalized spacial score (nSPS) is 11.3. The number of nitrogens with zero attached hydrogens (tertiary/aromatic N) is 1. The summed E-state index contributed by atoms with van der Waals surface area (Å²) in [5.41, 5.74) is 0.299. The minimum absolute atomic E-state index is 0.0109. The molecule has 0 unspecified atom stereocenters. The van der Waals surface area contributed by atoms with E-state index in [1.54, 1.807) is 36.4 Å². The number of halogens is 1. The van der Waals surface area contributed by atoms with Gasteiger partial charge in [0.05, 0.1) is 35.4 Å². The van der Waals surface area contributed by atoms with Crippen molar-refractivity contribution in [1.82, 2.24) is 4.98 Å². The first kappa shape index (κ1) is 20.7. The maximum atomic E-state index is 13.8. The Kier molecular flexibility index (Phi) is 6.77. The number of rotatable bonds is 9. The molecule has 0 radical (unpaired) electrons. The molecule has 0 bridgehead atoms. The van der Waals surface area contributed by atoms with Crippen LogP contribution in [0.5, 0.6) is 0 Å². The van der Waals surface area contributed by atoms with Crippen LogP contribution in [0.4, 0.5) is 4.39 Å². The van der Waals surface area contributed by atoms with Gasteiger partial charge in [0.25, 0.3) is 0 Å². The summed E-state index contributed by atoms with van der Waals surface area (Å²) in [7, 11) is -3.39. The molecule has 0 aliphatic heterocycles. The van der Waals surface area contributed by atoms with Crippen LogP contribution in [-0.4, -0.2) is 31.7 Å². The van der Waals surface area contributed by atoms with Crippen molar-refractivity contribution in [2.24, 2.45) is 0 Å². The van der Waals surface area contributed by atoms with E-state index in [-0.39, 0.29) is 42.3 Å². The first-order valence-electron chi connectivity index (χ1n) is 9.09. The highest BCUT2D eigenvalue weighted by molar-refractivity contribution is 7.91. The van der Waals surface area contributed by atoms with Gasteiger partial charge in [-0.05, 0) is 30.7 Å². The molecule has 8 heteroatoms. The first-order chi connectivity index (χ1) is 14.0. The molecule has 3 aromatic rings. The number of hydrogen-bond donors (Lipinski definition) is 0. The number of aromatic nitrogens is 1. The number of carbonyl (C=O) groups is 1. The van der Waals surface area contributed by atoms with Crippen molar-refractivity contribution in [3.8, 4) is 11.3 Å². The van der Waals surface area contributed by atoms with Crippen LogP contribution in [0.1, 0.15) is 18.7 Å². The Bertz CT molecular complexity index is 1060. The number of benzene rings is 2. The Labute approximate surface area is 168 Å². The predicted molar refractivity (Wildman–Crippen MR) is 104 cm³/mol. The third-order valence-electron chi connectivity index (χ3n) is 4.16. The van der Waals surface area contributed by atoms with E-state index in [1.165, 1.54) is 24.4 Å². The van der Waals surface area contributed by atoms with Gasteiger partial charge in [-0.25, -0.2) is 17.8 Å². The minimum atomic E-state index is -3.39. The van der Waals surface area contributed by atoms with Crippen LogP contribution in [0.25, 0.3) is 11.3 Å². The number of oxazole rings is 1. The van der Waals surface area contributed by atoms with Crippen LogP contribution in [0.2, 0.25) is 0 Å². The number of hydrogen-bond acceptors (Lipinski definition) is 6. The molecular weight excluding hydrogens is 397 g/mol. The minimum Gasteiger partial charge on any atom is -0.466 e. The molecule has 29 heavy (non-hydrogen) atoms. The van der Waals surface area contributed by atoms with Crippen molar-refractivity contribution in [1.29, 1.82) is 0 Å². The topological polar surface area (TPSA) is 86.5 Å². The van der Waals surface area contributed by atoms with Gasteiger partial charge in [-0.1, -0.05) is 30.3 Å². The van der Waals surface area contributed by atoms with Crippen molar-refractivity contribution in [3.63, 3.8) is 0 Å². The lowest BCUT2D eigenvalue weighted by Crippen LogP contribution is -2.12. The monoisotopic (exact) mass is 417 g/mol. The second kappa shape index (κ2) is 9.47. The average molecular weight is 417 g/mol. The third kappa shape index (κ3) is 5.74. The summed E-state index contributed by atoms with van der Waals surface area (Å²) in [5.74, 6) is -0.409. The lowest BCUT2D eigenvalue weighted by molar-refractivity contribution is -0.143. The van der Waals surface area contributed by atoms with Gasteiger partial charge in [-0.3, -0.25) is 4.79 Å². The zero-order valence-corrected chi connectivity index (χ0v) is 16.4. The van der Waals surface area contributed by atoms with Gasteiger partial charge in [-0.15, -0.1) is 0 Å². The van der Waals surface area contributed by atoms with Gasteiger partial charge in [0, 0.05) is 6.42 Å². The highest BCUT2D eigenvalue weighted by Crippen LogP contribution is 2.23. The summed E-state index contributed by atoms with van der Waals surface area (Å²) in [6.45, 7) is 0.0109. The van der Waals surface area contributed by atoms with Crippen LogP contribution in [0, 0.1) is 5.82 Å². The van der Waals surface area contributed by atoms with Crippen LogP contribution in [0.15, 0.2) is 70.1 Å². The molecule has 0 atom stereocenters. The van der Waals surface area contributed by atoms with E-state index in [0.29, 0.717) is 11.5 Å². The molecule has 1 aromatic heterocycles. The number of sulfone groups is 1. The Morgan fingerprint density at radius 1 is 1.07 bits per heavy atom. The SMILES string of the molecule is O=C(CCc1ncc(-c2ccccc2F)o1)OCCCS(=O)(=O)c1ccccc1. The fraction of sp³-hybridized carbons (Fsp3) is 0.238. The summed E-state index contributed by atoms with van der Waals surface area (Å²) < 4.78 is 48.6. The van der Waals surface area contributed by atoms with E-state index in [0.717, 1.165) is 0 Å². The quantitative estimate of drug-likeness (QED) is 0.389. The Morgan fingerprint density at radius 2 is 1.79 bits per heavy atom. The molecule has 2 aromatic carbocycles. The molecule has 0 aliphatic carbocycles. The van der Waals surface area contributed by atoms with Gasteiger partial charge in [0.2, 0.25) is 0 Å². The Morgan fingerprint density at radius 3 is 2.55 bits per heavy atom. The van der Waals surface area contributed by atoms with E-state index in [4.69, 9.17) is 9.15 Å². The molecule has 3 rings (SSSR count). The van der Waals surface area contributed by atoms with Crippen molar-refractivity contribution in [2.45, 2.75) is 24.2 Å². The van der Waals surface area contributed by atoms with Crippen molar-refractivity contribution in [3.05, 3.63) is 72.5 Å². The third-order valence-corrected chi connectivity index (χ3v) is 5.98. The number of aryl methyl sites for hydroxylation is 1. The molecular formula is C21H20FNO5S. The molecule has 0 saturated carbocycles. The summed E-state index contributed by atoms with van der Waals surface area (Å²) in [6.07, 6.45) is 1.85. The zero-order chi connectivity index (χ0) is 20.7. The summed E-state index contributed by atoms with van der Waals surface area (Å²) in [4.78, 5) is 16.1. The van der Waals surface area contributed by atoms with Crippen molar-refractivity contribution >= 4 is 15.8 Å². The maximum absolute atomic E-state index is 13.8. The second-order valence-electron chi connectivity index (χ2n) is 6.30. The van der Waals surface area contributed by atoms with Crippen molar-refractivity contribution in [2.75, 3.05) is 12.4 Å². The maximum Gasteiger partial charge on any atom is 0.306 e. The fourth-order valence-corrected chi connectivity index (χ4v) is 3.98. The molecule has 0 N–H and O–H groups in total. The Hall–Kier alpha value is -3.00. The van der Waals surface area contributed by atoms with Gasteiger partial charge in [-0.2, -0.15) is 0 Å². The highest BCUT2D eigenvalue weighted by atomic mass is 32.2. The van der Waals surface area contributed by atoms with Gasteiger partial charge in [0.1, 0.15) is 5.82 Å². The molecule has 0 saturated heterocycles. The average Bonchev–Trinajstić information content (AvgIpc) is 3.19. The zero-order valence-electron chi connectivity index (χ0n) is 15.6. The molecule has 6 nitrogen and oxygen atoms in total. The van der Waals surface area contributed by atoms with E-state index in [2.05, 4.69) is 4.98 Å². The smallest absolute Gasteiger partial charge is 0.306 e. The Balaban J connectivity index is 1.41. The molecule has 0 spiro atoms. The fourth-order valence-electron chi connectivity index (χ4n) is 2.67. The van der Waals surface area contributed by atoms with Crippen LogP contribution in [-0.2, 0) is 25.8 Å². The molecule has 1 heterocycles. The molecule has 0 aliphatic rings. The lowest BCUT2D eigenvalue weighted by atomic mass is 10.2. The molecule has 0 fully saturated rings. The first-order valence-corrected chi connectivity index (χ1v) is 10.7. The standard InChI is InChI=1S/C21H20FNO5S/c22-18-10-5-4-9-17(18)19-15-23-20(28-19)11-12-21(24)27-13-6-14-29(25,26)16-7-2-1-3-8-16/h1-5,7-10,15H,6,11-14H2. The van der Waals surface area contributed by atoms with Crippen LogP contribution in [0.3, 0.4) is 0 Å². The number of ether oxygens (including phenoxy) is 1. The summed E-state index contributed by atoms with van der Waals surface area (Å²) >= 11 is 0. The predicted octanol–water partition coefficient (Wildman–Crippen LogP) is 3.82. The van der Waals surface area contributed by atoms with E-state index < -0.39 is 21.6 Å². The van der Waals surface area contributed by atoms with Crippen molar-refractivity contribution < 1.29 is 26.8 Å². The van der Waals surface area contributed by atoms with Crippen LogP contribution < -0.4 is 0 Å². The van der Waals surface area contributed by atoms with Gasteiger partial charge in [0.15, 0.2) is 21.5 Å². The van der Waals surface area contributed by atoms with E-state index in [9.17, 15) is 17.6 Å². The van der Waals surface area contributed by atoms with Gasteiger partial charge < -0.3 is 9.15 Å². The summed E-state index contributed by atoms with van der Waals surface area (Å²) in [6, 6.07) is 14.3. The van der Waals surface area contributed by atoms with Gasteiger partial charge >= 0.3 is 5.97 Å². The largest absolute Gasteiger partial charge is 0.466 e.